The summed E-state index contributed by atoms with van der Waals surface area (Å²) in [5, 5.41) is 3.74. The molecular formula is C16H20N2S. The zero-order valence-corrected chi connectivity index (χ0v) is 12.3. The zero-order chi connectivity index (χ0) is 13.3. The number of aromatic nitrogens is 1. The summed E-state index contributed by atoms with van der Waals surface area (Å²) >= 11 is 1.72. The zero-order valence-electron chi connectivity index (χ0n) is 11.5. The van der Waals surface area contributed by atoms with Gasteiger partial charge in [-0.1, -0.05) is 38.1 Å². The summed E-state index contributed by atoms with van der Waals surface area (Å²) in [7, 11) is 0. The van der Waals surface area contributed by atoms with E-state index in [9.17, 15) is 0 Å². The normalized spacial score (nSPS) is 21.1. The predicted molar refractivity (Wildman–Crippen MR) is 80.2 cm³/mol. The molecule has 1 aliphatic carbocycles. The third-order valence-electron chi connectivity index (χ3n) is 4.15. The minimum Gasteiger partial charge on any atom is -0.304 e. The van der Waals surface area contributed by atoms with Gasteiger partial charge >= 0.3 is 0 Å². The molecule has 1 N–H and O–H groups in total. The van der Waals surface area contributed by atoms with Crippen LogP contribution < -0.4 is 5.32 Å². The van der Waals surface area contributed by atoms with Gasteiger partial charge in [-0.2, -0.15) is 0 Å². The van der Waals surface area contributed by atoms with Gasteiger partial charge in [-0.15, -0.1) is 11.3 Å². The fourth-order valence-corrected chi connectivity index (χ4v) is 3.53. The van der Waals surface area contributed by atoms with Gasteiger partial charge in [0.15, 0.2) is 0 Å². The lowest BCUT2D eigenvalue weighted by Gasteiger charge is -2.40. The van der Waals surface area contributed by atoms with E-state index in [-0.39, 0.29) is 0 Å². The molecule has 0 bridgehead atoms. The van der Waals surface area contributed by atoms with Crippen molar-refractivity contribution in [1.29, 1.82) is 0 Å². The number of nitrogens with one attached hydrogen (secondary N) is 1. The summed E-state index contributed by atoms with van der Waals surface area (Å²) in [6.07, 6.45) is 4.39. The molecule has 3 heteroatoms. The number of fused-ring (bicyclic) bond motifs is 1. The average Bonchev–Trinajstić information content (AvgIpc) is 2.90. The smallest absolute Gasteiger partial charge is 0.0794 e. The highest BCUT2D eigenvalue weighted by Gasteiger charge is 2.35. The highest BCUT2D eigenvalue weighted by Crippen LogP contribution is 2.43. The van der Waals surface area contributed by atoms with Crippen LogP contribution in [0.5, 0.6) is 0 Å². The Morgan fingerprint density at radius 3 is 3.00 bits per heavy atom. The van der Waals surface area contributed by atoms with E-state index in [0.29, 0.717) is 11.5 Å². The average molecular weight is 272 g/mol. The van der Waals surface area contributed by atoms with Crippen LogP contribution in [0.25, 0.3) is 0 Å². The Kier molecular flexibility index (Phi) is 3.42. The number of thiazole rings is 1. The van der Waals surface area contributed by atoms with Gasteiger partial charge in [-0.05, 0) is 29.4 Å². The van der Waals surface area contributed by atoms with Crippen LogP contribution in [0.4, 0.5) is 0 Å². The van der Waals surface area contributed by atoms with Crippen LogP contribution in [-0.2, 0) is 13.0 Å². The first-order chi connectivity index (χ1) is 9.17. The molecule has 19 heavy (non-hydrogen) atoms. The number of hydrogen-bond acceptors (Lipinski definition) is 3. The first-order valence-electron chi connectivity index (χ1n) is 6.85. The molecule has 1 unspecified atom stereocenters. The van der Waals surface area contributed by atoms with Crippen molar-refractivity contribution < 1.29 is 0 Å². The third kappa shape index (κ3) is 2.58. The van der Waals surface area contributed by atoms with Crippen molar-refractivity contribution in [2.75, 3.05) is 0 Å². The molecule has 1 heterocycles. The lowest BCUT2D eigenvalue weighted by Crippen LogP contribution is -2.37. The Bertz CT molecular complexity index is 546. The maximum atomic E-state index is 4.15. The molecule has 1 aromatic carbocycles. The summed E-state index contributed by atoms with van der Waals surface area (Å²) in [6, 6.07) is 9.28. The molecule has 0 amide bonds. The highest BCUT2D eigenvalue weighted by molar-refractivity contribution is 7.09. The second-order valence-electron chi connectivity index (χ2n) is 5.97. The van der Waals surface area contributed by atoms with Gasteiger partial charge in [0.05, 0.1) is 5.51 Å². The van der Waals surface area contributed by atoms with E-state index in [2.05, 4.69) is 48.4 Å². The van der Waals surface area contributed by atoms with Crippen molar-refractivity contribution >= 4 is 11.3 Å². The van der Waals surface area contributed by atoms with Crippen molar-refractivity contribution in [2.45, 2.75) is 39.3 Å². The Morgan fingerprint density at radius 2 is 2.21 bits per heavy atom. The van der Waals surface area contributed by atoms with Crippen molar-refractivity contribution in [3.8, 4) is 0 Å². The van der Waals surface area contributed by atoms with E-state index in [1.165, 1.54) is 28.8 Å². The highest BCUT2D eigenvalue weighted by atomic mass is 32.1. The van der Waals surface area contributed by atoms with Gasteiger partial charge in [0.2, 0.25) is 0 Å². The number of aryl methyl sites for hydroxylation is 1. The van der Waals surface area contributed by atoms with Crippen LogP contribution in [0.15, 0.2) is 36.0 Å². The van der Waals surface area contributed by atoms with Crippen LogP contribution in [0.3, 0.4) is 0 Å². The van der Waals surface area contributed by atoms with Crippen molar-refractivity contribution in [3.05, 3.63) is 52.0 Å². The van der Waals surface area contributed by atoms with Gasteiger partial charge in [0.1, 0.15) is 0 Å². The van der Waals surface area contributed by atoms with Crippen LogP contribution in [0, 0.1) is 5.41 Å². The molecule has 0 fully saturated rings. The fraction of sp³-hybridized carbons (Fsp3) is 0.438. The second kappa shape index (κ2) is 5.06. The monoisotopic (exact) mass is 272 g/mol. The first-order valence-corrected chi connectivity index (χ1v) is 7.73. The van der Waals surface area contributed by atoms with Crippen molar-refractivity contribution in [1.82, 2.24) is 10.3 Å². The summed E-state index contributed by atoms with van der Waals surface area (Å²) in [5.41, 5.74) is 5.18. The Balaban J connectivity index is 1.84. The van der Waals surface area contributed by atoms with Gasteiger partial charge in [0.25, 0.3) is 0 Å². The van der Waals surface area contributed by atoms with Crippen molar-refractivity contribution in [3.63, 3.8) is 0 Å². The Labute approximate surface area is 118 Å². The van der Waals surface area contributed by atoms with E-state index < -0.39 is 0 Å². The molecule has 0 spiro atoms. The summed E-state index contributed by atoms with van der Waals surface area (Å²) in [4.78, 5) is 5.45. The molecule has 3 rings (SSSR count). The van der Waals surface area contributed by atoms with Crippen LogP contribution >= 0.6 is 11.3 Å². The van der Waals surface area contributed by atoms with E-state index in [1.54, 1.807) is 11.3 Å². The predicted octanol–water partition coefficient (Wildman–Crippen LogP) is 3.95. The Morgan fingerprint density at radius 1 is 1.37 bits per heavy atom. The summed E-state index contributed by atoms with van der Waals surface area (Å²) in [5.74, 6) is 0. The first kappa shape index (κ1) is 12.8. The molecule has 0 saturated heterocycles. The van der Waals surface area contributed by atoms with E-state index >= 15 is 0 Å². The lowest BCUT2D eigenvalue weighted by atomic mass is 9.70. The molecular weight excluding hydrogens is 252 g/mol. The maximum Gasteiger partial charge on any atom is 0.0794 e. The van der Waals surface area contributed by atoms with Crippen LogP contribution in [0.1, 0.15) is 42.3 Å². The third-order valence-corrected chi connectivity index (χ3v) is 4.93. The van der Waals surface area contributed by atoms with Gasteiger partial charge in [-0.3, -0.25) is 4.98 Å². The topological polar surface area (TPSA) is 24.9 Å². The van der Waals surface area contributed by atoms with Gasteiger partial charge in [-0.25, -0.2) is 0 Å². The molecule has 2 aromatic rings. The summed E-state index contributed by atoms with van der Waals surface area (Å²) in [6.45, 7) is 5.65. The van der Waals surface area contributed by atoms with E-state index in [4.69, 9.17) is 0 Å². The number of rotatable bonds is 3. The molecule has 0 aliphatic heterocycles. The second-order valence-corrected chi connectivity index (χ2v) is 6.94. The maximum absolute atomic E-state index is 4.15. The van der Waals surface area contributed by atoms with E-state index in [1.807, 2.05) is 11.7 Å². The quantitative estimate of drug-likeness (QED) is 0.915. The minimum atomic E-state index is 0.305. The lowest BCUT2D eigenvalue weighted by molar-refractivity contribution is 0.208. The molecule has 1 aliphatic rings. The number of hydrogen-bond donors (Lipinski definition) is 1. The van der Waals surface area contributed by atoms with Gasteiger partial charge < -0.3 is 5.32 Å². The number of benzene rings is 1. The fourth-order valence-electron chi connectivity index (χ4n) is 2.98. The molecule has 1 atom stereocenters. The minimum absolute atomic E-state index is 0.305. The van der Waals surface area contributed by atoms with Crippen LogP contribution in [-0.4, -0.2) is 4.98 Å². The summed E-state index contributed by atoms with van der Waals surface area (Å²) < 4.78 is 0. The van der Waals surface area contributed by atoms with E-state index in [0.717, 1.165) is 6.54 Å². The van der Waals surface area contributed by atoms with Gasteiger partial charge in [0, 0.05) is 23.7 Å². The Hall–Kier alpha value is -1.19. The molecule has 1 aromatic heterocycles. The van der Waals surface area contributed by atoms with Crippen LogP contribution in [0.2, 0.25) is 0 Å². The number of nitrogens with zero attached hydrogens (tertiary/aromatic N) is 1. The largest absolute Gasteiger partial charge is 0.304 e. The molecule has 2 nitrogen and oxygen atoms in total. The molecule has 0 saturated carbocycles. The molecule has 0 radical (unpaired) electrons. The molecule has 100 valence electrons. The van der Waals surface area contributed by atoms with Crippen molar-refractivity contribution in [2.24, 2.45) is 5.41 Å². The SMILES string of the molecule is CC1(C)CCc2ccccc2C1NCc1cncs1. The standard InChI is InChI=1S/C16H20N2S/c1-16(2)8-7-12-5-3-4-6-14(12)15(16)18-10-13-9-17-11-19-13/h3-6,9,11,15,18H,7-8,10H2,1-2H3.